The fourth-order valence-corrected chi connectivity index (χ4v) is 4.26. The molecule has 0 saturated carbocycles. The van der Waals surface area contributed by atoms with Crippen molar-refractivity contribution in [3.05, 3.63) is 65.7 Å². The fraction of sp³-hybridized carbons (Fsp3) is 0.423. The highest BCUT2D eigenvalue weighted by Crippen LogP contribution is 2.43. The number of anilines is 2. The van der Waals surface area contributed by atoms with E-state index in [1.54, 1.807) is 43.9 Å². The van der Waals surface area contributed by atoms with Gasteiger partial charge in [-0.25, -0.2) is 19.0 Å². The minimum Gasteiger partial charge on any atom is -0.444 e. The molecular weight excluding hydrogens is 533 g/mol. The van der Waals surface area contributed by atoms with E-state index in [0.29, 0.717) is 44.0 Å². The highest BCUT2D eigenvalue weighted by Gasteiger charge is 2.63. The van der Waals surface area contributed by atoms with Crippen LogP contribution in [0.3, 0.4) is 0 Å². The van der Waals surface area contributed by atoms with E-state index in [4.69, 9.17) is 4.74 Å². The van der Waals surface area contributed by atoms with Crippen LogP contribution < -0.4 is 15.3 Å². The normalized spacial score (nSPS) is 18.9. The van der Waals surface area contributed by atoms with E-state index in [2.05, 4.69) is 0 Å². The third-order valence-electron chi connectivity index (χ3n) is 6.19. The molecule has 1 amide bonds. The van der Waals surface area contributed by atoms with Gasteiger partial charge in [-0.15, -0.1) is 0 Å². The summed E-state index contributed by atoms with van der Waals surface area (Å²) in [6, 6.07) is 6.13. The van der Waals surface area contributed by atoms with E-state index in [9.17, 15) is 35.5 Å². The Labute approximate surface area is 220 Å². The number of carbonyl (C=O) groups is 1. The third-order valence-corrected chi connectivity index (χ3v) is 6.19. The molecule has 0 bridgehead atoms. The predicted octanol–water partition coefficient (Wildman–Crippen LogP) is 5.95. The first-order chi connectivity index (χ1) is 18.1. The average Bonchev–Trinajstić information content (AvgIpc) is 3.28. The Morgan fingerprint density at radius 1 is 0.949 bits per heavy atom. The zero-order valence-corrected chi connectivity index (χ0v) is 21.3. The first-order valence-corrected chi connectivity index (χ1v) is 12.1. The summed E-state index contributed by atoms with van der Waals surface area (Å²) in [7, 11) is 0. The van der Waals surface area contributed by atoms with E-state index < -0.39 is 47.2 Å². The molecule has 0 aliphatic carbocycles. The Hall–Kier alpha value is -3.48. The van der Waals surface area contributed by atoms with Crippen LogP contribution >= 0.6 is 0 Å². The lowest BCUT2D eigenvalue weighted by molar-refractivity contribution is -0.287. The van der Waals surface area contributed by atoms with Crippen molar-refractivity contribution in [1.82, 2.24) is 10.3 Å². The molecular formula is C26H27F7N4O2. The van der Waals surface area contributed by atoms with Gasteiger partial charge in [0.1, 0.15) is 17.5 Å². The lowest BCUT2D eigenvalue weighted by Gasteiger charge is -2.37. The first kappa shape index (κ1) is 28.5. The summed E-state index contributed by atoms with van der Waals surface area (Å²) in [5.74, 6) is -7.27. The number of hydrogen-bond donors (Lipinski definition) is 1. The number of ether oxygens (including phenoxy) is 1. The SMILES string of the molecule is CC(C)(C)OC(=O)N1CCN(c2cccc(C3=CC(C(F)(F)C(F)(F)F)NN3c3ccc(F)cc3F)c2)CC1. The van der Waals surface area contributed by atoms with Crippen LogP contribution in [0.4, 0.5) is 46.9 Å². The standard InChI is InChI=1S/C26H27F7N4O2/c1-24(2,3)39-23(38)36-11-9-35(10-12-36)18-6-4-5-16(13-18)21-15-22(25(29,30)26(31,32)33)34-37(21)20-8-7-17(27)14-19(20)28/h4-8,13-15,22,34H,9-12H2,1-3H3. The number of amides is 1. The van der Waals surface area contributed by atoms with Crippen LogP contribution in [0.5, 0.6) is 0 Å². The van der Waals surface area contributed by atoms with Crippen molar-refractivity contribution in [2.24, 2.45) is 0 Å². The topological polar surface area (TPSA) is 48.1 Å². The molecule has 4 rings (SSSR count). The predicted molar refractivity (Wildman–Crippen MR) is 131 cm³/mol. The summed E-state index contributed by atoms with van der Waals surface area (Å²) in [5.41, 5.74) is 1.63. The van der Waals surface area contributed by atoms with Gasteiger partial charge in [-0.3, -0.25) is 5.01 Å². The van der Waals surface area contributed by atoms with E-state index in [-0.39, 0.29) is 11.3 Å². The summed E-state index contributed by atoms with van der Waals surface area (Å²) in [4.78, 5) is 15.8. The molecule has 1 unspecified atom stereocenters. The van der Waals surface area contributed by atoms with Gasteiger partial charge in [0, 0.05) is 43.5 Å². The van der Waals surface area contributed by atoms with Gasteiger partial charge in [0.05, 0.1) is 11.4 Å². The molecule has 1 saturated heterocycles. The molecule has 2 aromatic rings. The molecule has 1 fully saturated rings. The van der Waals surface area contributed by atoms with Gasteiger partial charge in [0.15, 0.2) is 5.82 Å². The zero-order valence-electron chi connectivity index (χ0n) is 21.3. The number of halogens is 7. The summed E-state index contributed by atoms with van der Waals surface area (Å²) < 4.78 is 102. The van der Waals surface area contributed by atoms with E-state index in [0.717, 1.165) is 17.1 Å². The molecule has 1 atom stereocenters. The molecule has 0 spiro atoms. The fourth-order valence-electron chi connectivity index (χ4n) is 4.26. The molecule has 2 aromatic carbocycles. The van der Waals surface area contributed by atoms with Crippen molar-refractivity contribution in [2.75, 3.05) is 36.1 Å². The summed E-state index contributed by atoms with van der Waals surface area (Å²) in [6.07, 6.45) is -5.65. The molecule has 2 aliphatic rings. The number of hydrogen-bond acceptors (Lipinski definition) is 5. The van der Waals surface area contributed by atoms with Gasteiger partial charge in [-0.05, 0) is 51.1 Å². The summed E-state index contributed by atoms with van der Waals surface area (Å²) in [5, 5.41) is 0.763. The molecule has 2 heterocycles. The molecule has 1 N–H and O–H groups in total. The molecule has 0 aromatic heterocycles. The Balaban J connectivity index is 1.62. The van der Waals surface area contributed by atoms with Crippen LogP contribution in [0.25, 0.3) is 5.70 Å². The molecule has 0 radical (unpaired) electrons. The van der Waals surface area contributed by atoms with E-state index in [1.165, 1.54) is 6.07 Å². The monoisotopic (exact) mass is 560 g/mol. The van der Waals surface area contributed by atoms with Crippen LogP contribution in [0, 0.1) is 11.6 Å². The summed E-state index contributed by atoms with van der Waals surface area (Å²) >= 11 is 0. The Morgan fingerprint density at radius 2 is 1.62 bits per heavy atom. The van der Waals surface area contributed by atoms with E-state index in [1.807, 2.05) is 10.3 Å². The van der Waals surface area contributed by atoms with Gasteiger partial charge >= 0.3 is 18.2 Å². The van der Waals surface area contributed by atoms with Crippen LogP contribution in [0.1, 0.15) is 26.3 Å². The van der Waals surface area contributed by atoms with Gasteiger partial charge in [-0.2, -0.15) is 22.0 Å². The quantitative estimate of drug-likeness (QED) is 0.469. The highest BCUT2D eigenvalue weighted by atomic mass is 19.4. The van der Waals surface area contributed by atoms with Crippen LogP contribution in [0.15, 0.2) is 48.5 Å². The number of piperazine rings is 1. The minimum atomic E-state index is -5.88. The lowest BCUT2D eigenvalue weighted by atomic mass is 10.1. The maximum Gasteiger partial charge on any atom is 0.455 e. The number of nitrogens with one attached hydrogen (secondary N) is 1. The third kappa shape index (κ3) is 6.07. The van der Waals surface area contributed by atoms with Crippen molar-refractivity contribution in [1.29, 1.82) is 0 Å². The first-order valence-electron chi connectivity index (χ1n) is 12.1. The largest absolute Gasteiger partial charge is 0.455 e. The van der Waals surface area contributed by atoms with Crippen LogP contribution in [-0.2, 0) is 4.74 Å². The number of carbonyl (C=O) groups excluding carboxylic acids is 1. The maximum absolute atomic E-state index is 14.6. The molecule has 39 heavy (non-hydrogen) atoms. The van der Waals surface area contributed by atoms with Crippen molar-refractivity contribution in [3.8, 4) is 0 Å². The van der Waals surface area contributed by atoms with Gasteiger partial charge in [0.2, 0.25) is 0 Å². The Morgan fingerprint density at radius 3 is 2.21 bits per heavy atom. The second-order valence-electron chi connectivity index (χ2n) is 10.2. The van der Waals surface area contributed by atoms with Crippen molar-refractivity contribution >= 4 is 23.2 Å². The number of alkyl halides is 5. The van der Waals surface area contributed by atoms with Gasteiger partial charge in [0.25, 0.3) is 0 Å². The number of hydrazine groups is 1. The smallest absolute Gasteiger partial charge is 0.444 e. The van der Waals surface area contributed by atoms with Gasteiger partial charge in [-0.1, -0.05) is 12.1 Å². The van der Waals surface area contributed by atoms with Crippen molar-refractivity contribution in [2.45, 2.75) is 44.5 Å². The average molecular weight is 561 g/mol. The van der Waals surface area contributed by atoms with Crippen molar-refractivity contribution < 1.29 is 40.3 Å². The maximum atomic E-state index is 14.6. The Kier molecular flexibility index (Phi) is 7.50. The van der Waals surface area contributed by atoms with Crippen LogP contribution in [-0.4, -0.2) is 60.9 Å². The van der Waals surface area contributed by atoms with Crippen molar-refractivity contribution in [3.63, 3.8) is 0 Å². The number of benzene rings is 2. The molecule has 6 nitrogen and oxygen atoms in total. The lowest BCUT2D eigenvalue weighted by Crippen LogP contribution is -2.54. The molecule has 212 valence electrons. The van der Waals surface area contributed by atoms with E-state index >= 15 is 0 Å². The second-order valence-corrected chi connectivity index (χ2v) is 10.2. The summed E-state index contributed by atoms with van der Waals surface area (Å²) in [6.45, 7) is 6.78. The zero-order chi connectivity index (χ0) is 28.8. The number of rotatable bonds is 4. The minimum absolute atomic E-state index is 0.163. The van der Waals surface area contributed by atoms with Crippen LogP contribution in [0.2, 0.25) is 0 Å². The number of nitrogens with zero attached hydrogens (tertiary/aromatic N) is 3. The molecule has 13 heteroatoms. The second kappa shape index (κ2) is 10.2. The highest BCUT2D eigenvalue weighted by molar-refractivity contribution is 5.83. The molecule has 2 aliphatic heterocycles. The van der Waals surface area contributed by atoms with Gasteiger partial charge < -0.3 is 14.5 Å². The Bertz CT molecular complexity index is 1250.